The highest BCUT2D eigenvalue weighted by Gasteiger charge is 2.05. The van der Waals surface area contributed by atoms with Gasteiger partial charge in [-0.3, -0.25) is 4.79 Å². The molecule has 136 valence electrons. The molecule has 5 heteroatoms. The zero-order valence-electron chi connectivity index (χ0n) is 15.0. The molecule has 0 bridgehead atoms. The van der Waals surface area contributed by atoms with Crippen LogP contribution in [0, 0.1) is 0 Å². The van der Waals surface area contributed by atoms with Crippen LogP contribution in [0.1, 0.15) is 22.8 Å². The average Bonchev–Trinajstić information content (AvgIpc) is 2.70. The summed E-state index contributed by atoms with van der Waals surface area (Å²) in [5.74, 6) is 1.87. The Bertz CT molecular complexity index is 906. The zero-order chi connectivity index (χ0) is 18.9. The fraction of sp³-hybridized carbons (Fsp3) is 0.0909. The zero-order valence-corrected chi connectivity index (χ0v) is 15.0. The summed E-state index contributed by atoms with van der Waals surface area (Å²) in [6.45, 7) is 2.44. The van der Waals surface area contributed by atoms with E-state index in [0.29, 0.717) is 17.9 Å². The Hall–Kier alpha value is -3.60. The van der Waals surface area contributed by atoms with Crippen molar-refractivity contribution in [2.45, 2.75) is 6.92 Å². The van der Waals surface area contributed by atoms with E-state index in [-0.39, 0.29) is 5.91 Å². The molecular weight excluding hydrogens is 340 g/mol. The SMILES string of the molecule is CCOc1cccc(C(=O)N/N=C/c2ccc(Oc3ccccc3)cc2)c1. The number of rotatable bonds is 7. The second-order valence-electron chi connectivity index (χ2n) is 5.64. The monoisotopic (exact) mass is 360 g/mol. The number of hydrogen-bond donors (Lipinski definition) is 1. The van der Waals surface area contributed by atoms with E-state index < -0.39 is 0 Å². The summed E-state index contributed by atoms with van der Waals surface area (Å²) in [4.78, 5) is 12.1. The van der Waals surface area contributed by atoms with Gasteiger partial charge in [0, 0.05) is 5.56 Å². The van der Waals surface area contributed by atoms with Crippen LogP contribution in [-0.2, 0) is 0 Å². The van der Waals surface area contributed by atoms with E-state index in [0.717, 1.165) is 17.1 Å². The third kappa shape index (κ3) is 5.44. The highest BCUT2D eigenvalue weighted by molar-refractivity contribution is 5.95. The lowest BCUT2D eigenvalue weighted by Crippen LogP contribution is -2.17. The van der Waals surface area contributed by atoms with E-state index >= 15 is 0 Å². The van der Waals surface area contributed by atoms with Gasteiger partial charge in [0.15, 0.2) is 0 Å². The molecule has 0 aliphatic heterocycles. The number of carbonyl (C=O) groups excluding carboxylic acids is 1. The van der Waals surface area contributed by atoms with Crippen LogP contribution in [0.4, 0.5) is 0 Å². The van der Waals surface area contributed by atoms with Gasteiger partial charge in [-0.1, -0.05) is 24.3 Å². The van der Waals surface area contributed by atoms with Crippen molar-refractivity contribution in [2.75, 3.05) is 6.61 Å². The minimum atomic E-state index is -0.295. The lowest BCUT2D eigenvalue weighted by molar-refractivity contribution is 0.0954. The molecule has 3 aromatic rings. The van der Waals surface area contributed by atoms with Gasteiger partial charge in [0.05, 0.1) is 12.8 Å². The van der Waals surface area contributed by atoms with Gasteiger partial charge in [0.1, 0.15) is 17.2 Å². The maximum atomic E-state index is 12.1. The number of para-hydroxylation sites is 1. The van der Waals surface area contributed by atoms with Crippen LogP contribution in [0.15, 0.2) is 84.0 Å². The molecular formula is C22H20N2O3. The van der Waals surface area contributed by atoms with Crippen LogP contribution in [0.2, 0.25) is 0 Å². The van der Waals surface area contributed by atoms with Crippen LogP contribution in [-0.4, -0.2) is 18.7 Å². The van der Waals surface area contributed by atoms with Crippen LogP contribution in [0.5, 0.6) is 17.2 Å². The van der Waals surface area contributed by atoms with E-state index in [1.807, 2.05) is 67.6 Å². The number of carbonyl (C=O) groups is 1. The lowest BCUT2D eigenvalue weighted by Gasteiger charge is -2.05. The molecule has 3 aromatic carbocycles. The second-order valence-corrected chi connectivity index (χ2v) is 5.64. The summed E-state index contributed by atoms with van der Waals surface area (Å²) in [6.07, 6.45) is 1.58. The first kappa shape index (κ1) is 18.2. The van der Waals surface area contributed by atoms with Gasteiger partial charge >= 0.3 is 0 Å². The summed E-state index contributed by atoms with van der Waals surface area (Å²) in [5.41, 5.74) is 3.85. The molecule has 0 spiro atoms. The van der Waals surface area contributed by atoms with Gasteiger partial charge in [-0.15, -0.1) is 0 Å². The molecule has 0 aromatic heterocycles. The van der Waals surface area contributed by atoms with E-state index in [1.165, 1.54) is 0 Å². The lowest BCUT2D eigenvalue weighted by atomic mass is 10.2. The summed E-state index contributed by atoms with van der Waals surface area (Å²) in [7, 11) is 0. The Kier molecular flexibility index (Phi) is 6.20. The molecule has 27 heavy (non-hydrogen) atoms. The normalized spacial score (nSPS) is 10.6. The highest BCUT2D eigenvalue weighted by Crippen LogP contribution is 2.20. The standard InChI is InChI=1S/C22H20N2O3/c1-2-26-21-10-6-7-18(15-21)22(25)24-23-16-17-11-13-20(14-12-17)27-19-8-4-3-5-9-19/h3-16H,2H2,1H3,(H,24,25)/b23-16+. The van der Waals surface area contributed by atoms with Crippen molar-refractivity contribution in [3.05, 3.63) is 90.0 Å². The molecule has 0 aliphatic rings. The highest BCUT2D eigenvalue weighted by atomic mass is 16.5. The van der Waals surface area contributed by atoms with Crippen LogP contribution in [0.25, 0.3) is 0 Å². The van der Waals surface area contributed by atoms with Gasteiger partial charge in [-0.05, 0) is 67.1 Å². The Morgan fingerprint density at radius 3 is 2.37 bits per heavy atom. The molecule has 0 heterocycles. The van der Waals surface area contributed by atoms with Crippen molar-refractivity contribution in [3.63, 3.8) is 0 Å². The van der Waals surface area contributed by atoms with Crippen molar-refractivity contribution in [1.29, 1.82) is 0 Å². The van der Waals surface area contributed by atoms with Gasteiger partial charge in [-0.2, -0.15) is 5.10 Å². The molecule has 0 atom stereocenters. The van der Waals surface area contributed by atoms with E-state index in [1.54, 1.807) is 24.4 Å². The number of benzene rings is 3. The van der Waals surface area contributed by atoms with Gasteiger partial charge in [-0.25, -0.2) is 5.43 Å². The van der Waals surface area contributed by atoms with Gasteiger partial charge in [0.2, 0.25) is 0 Å². The van der Waals surface area contributed by atoms with Crippen molar-refractivity contribution < 1.29 is 14.3 Å². The molecule has 5 nitrogen and oxygen atoms in total. The fourth-order valence-corrected chi connectivity index (χ4v) is 2.37. The van der Waals surface area contributed by atoms with Gasteiger partial charge in [0.25, 0.3) is 5.91 Å². The molecule has 0 unspecified atom stereocenters. The number of amides is 1. The first-order valence-electron chi connectivity index (χ1n) is 8.64. The summed E-state index contributed by atoms with van der Waals surface area (Å²) in [5, 5.41) is 4.00. The second kappa shape index (κ2) is 9.20. The average molecular weight is 360 g/mol. The number of nitrogens with zero attached hydrogens (tertiary/aromatic N) is 1. The smallest absolute Gasteiger partial charge is 0.271 e. The molecule has 3 rings (SSSR count). The molecule has 1 N–H and O–H groups in total. The topological polar surface area (TPSA) is 59.9 Å². The molecule has 0 fully saturated rings. The van der Waals surface area contributed by atoms with Crippen LogP contribution in [0.3, 0.4) is 0 Å². The summed E-state index contributed by atoms with van der Waals surface area (Å²) < 4.78 is 11.1. The van der Waals surface area contributed by atoms with Crippen LogP contribution < -0.4 is 14.9 Å². The Balaban J connectivity index is 1.56. The predicted octanol–water partition coefficient (Wildman–Crippen LogP) is 4.64. The van der Waals surface area contributed by atoms with E-state index in [2.05, 4.69) is 10.5 Å². The molecule has 0 aliphatic carbocycles. The van der Waals surface area contributed by atoms with Crippen molar-refractivity contribution in [1.82, 2.24) is 5.43 Å². The quantitative estimate of drug-likeness (QED) is 0.493. The first-order valence-corrected chi connectivity index (χ1v) is 8.64. The predicted molar refractivity (Wildman–Crippen MR) is 106 cm³/mol. The number of hydrazone groups is 1. The molecule has 0 radical (unpaired) electrons. The fourth-order valence-electron chi connectivity index (χ4n) is 2.37. The number of nitrogens with one attached hydrogen (secondary N) is 1. The summed E-state index contributed by atoms with van der Waals surface area (Å²) >= 11 is 0. The Morgan fingerprint density at radius 2 is 1.63 bits per heavy atom. The van der Waals surface area contributed by atoms with Gasteiger partial charge < -0.3 is 9.47 Å². The number of ether oxygens (including phenoxy) is 2. The van der Waals surface area contributed by atoms with E-state index in [9.17, 15) is 4.79 Å². The van der Waals surface area contributed by atoms with Crippen LogP contribution >= 0.6 is 0 Å². The van der Waals surface area contributed by atoms with Crippen molar-refractivity contribution in [2.24, 2.45) is 5.10 Å². The Morgan fingerprint density at radius 1 is 0.926 bits per heavy atom. The molecule has 0 saturated heterocycles. The third-order valence-corrected chi connectivity index (χ3v) is 3.65. The van der Waals surface area contributed by atoms with Crippen molar-refractivity contribution >= 4 is 12.1 Å². The first-order chi connectivity index (χ1) is 13.2. The summed E-state index contributed by atoms with van der Waals surface area (Å²) in [6, 6.07) is 24.0. The minimum absolute atomic E-state index is 0.295. The minimum Gasteiger partial charge on any atom is -0.494 e. The largest absolute Gasteiger partial charge is 0.494 e. The van der Waals surface area contributed by atoms with E-state index in [4.69, 9.17) is 9.47 Å². The maximum Gasteiger partial charge on any atom is 0.271 e. The van der Waals surface area contributed by atoms with Crippen molar-refractivity contribution in [3.8, 4) is 17.2 Å². The number of hydrogen-bond acceptors (Lipinski definition) is 4. The molecule has 0 saturated carbocycles. The molecule has 1 amide bonds. The third-order valence-electron chi connectivity index (χ3n) is 3.65. The maximum absolute atomic E-state index is 12.1. The Labute approximate surface area is 158 Å².